The molecule has 0 saturated heterocycles. The first-order valence-corrected chi connectivity index (χ1v) is 8.29. The summed E-state index contributed by atoms with van der Waals surface area (Å²) < 4.78 is 14.1. The summed E-state index contributed by atoms with van der Waals surface area (Å²) in [7, 11) is 0. The number of para-hydroxylation sites is 1. The molecule has 4 heteroatoms. The molecule has 2 aromatic rings. The molecule has 0 aliphatic carbocycles. The minimum absolute atomic E-state index is 0.0252. The predicted octanol–water partition coefficient (Wildman–Crippen LogP) is 4.07. The molecular formula is C17H21FN2S. The highest BCUT2D eigenvalue weighted by molar-refractivity contribution is 7.98. The molecule has 0 fully saturated rings. The van der Waals surface area contributed by atoms with E-state index in [1.54, 1.807) is 23.9 Å². The van der Waals surface area contributed by atoms with Crippen LogP contribution in [-0.4, -0.2) is 19.3 Å². The van der Waals surface area contributed by atoms with Gasteiger partial charge in [0.1, 0.15) is 5.82 Å². The molecule has 0 aliphatic heterocycles. The molecule has 0 radical (unpaired) electrons. The average Bonchev–Trinajstić information content (AvgIpc) is 2.54. The second kappa shape index (κ2) is 7.48. The van der Waals surface area contributed by atoms with Crippen molar-refractivity contribution in [2.75, 3.05) is 24.2 Å². The number of likely N-dealkylation sites (N-methyl/N-ethyl adjacent to an activating group) is 1. The zero-order valence-corrected chi connectivity index (χ0v) is 13.2. The van der Waals surface area contributed by atoms with Gasteiger partial charge in [-0.25, -0.2) is 4.39 Å². The van der Waals surface area contributed by atoms with E-state index in [1.807, 2.05) is 24.1 Å². The van der Waals surface area contributed by atoms with E-state index < -0.39 is 0 Å². The summed E-state index contributed by atoms with van der Waals surface area (Å²) >= 11 is 1.70. The van der Waals surface area contributed by atoms with Gasteiger partial charge in [-0.2, -0.15) is 0 Å². The Bertz CT molecular complexity index is 571. The summed E-state index contributed by atoms with van der Waals surface area (Å²) in [6.07, 6.45) is 2.05. The predicted molar refractivity (Wildman–Crippen MR) is 89.4 cm³/mol. The first kappa shape index (κ1) is 15.9. The van der Waals surface area contributed by atoms with Crippen molar-refractivity contribution in [1.29, 1.82) is 0 Å². The van der Waals surface area contributed by atoms with Gasteiger partial charge in [0.15, 0.2) is 0 Å². The van der Waals surface area contributed by atoms with Crippen LogP contribution in [0.15, 0.2) is 53.4 Å². The van der Waals surface area contributed by atoms with Crippen molar-refractivity contribution >= 4 is 17.4 Å². The van der Waals surface area contributed by atoms with E-state index in [9.17, 15) is 4.39 Å². The molecule has 0 aromatic heterocycles. The lowest BCUT2D eigenvalue weighted by Crippen LogP contribution is -2.34. The summed E-state index contributed by atoms with van der Waals surface area (Å²) in [5.74, 6) is -0.210. The van der Waals surface area contributed by atoms with Crippen LogP contribution in [-0.2, 0) is 0 Å². The molecule has 0 heterocycles. The summed E-state index contributed by atoms with van der Waals surface area (Å²) in [6, 6.07) is 15.1. The van der Waals surface area contributed by atoms with E-state index in [4.69, 9.17) is 5.73 Å². The molecule has 2 aromatic carbocycles. The Morgan fingerprint density at radius 1 is 1.14 bits per heavy atom. The minimum Gasteiger partial charge on any atom is -0.361 e. The molecule has 2 nitrogen and oxygen atoms in total. The number of hydrogen-bond donors (Lipinski definition) is 1. The van der Waals surface area contributed by atoms with Crippen molar-refractivity contribution in [1.82, 2.24) is 0 Å². The highest BCUT2D eigenvalue weighted by atomic mass is 32.2. The van der Waals surface area contributed by atoms with Gasteiger partial charge in [-0.05, 0) is 43.0 Å². The first-order valence-electron chi connectivity index (χ1n) is 7.06. The van der Waals surface area contributed by atoms with Gasteiger partial charge in [0, 0.05) is 18.0 Å². The number of thioether (sulfide) groups is 1. The van der Waals surface area contributed by atoms with Crippen LogP contribution < -0.4 is 10.6 Å². The lowest BCUT2D eigenvalue weighted by molar-refractivity contribution is 0.588. The second-order valence-corrected chi connectivity index (χ2v) is 5.64. The summed E-state index contributed by atoms with van der Waals surface area (Å²) in [5, 5.41) is 0. The highest BCUT2D eigenvalue weighted by Gasteiger charge is 2.20. The number of halogens is 1. The van der Waals surface area contributed by atoms with E-state index in [1.165, 1.54) is 11.0 Å². The monoisotopic (exact) mass is 304 g/mol. The summed E-state index contributed by atoms with van der Waals surface area (Å²) in [5.41, 5.74) is 7.68. The largest absolute Gasteiger partial charge is 0.361 e. The maximum atomic E-state index is 14.1. The molecule has 0 aliphatic rings. The van der Waals surface area contributed by atoms with Crippen LogP contribution in [0.25, 0.3) is 0 Å². The fourth-order valence-corrected chi connectivity index (χ4v) is 2.92. The van der Waals surface area contributed by atoms with Crippen molar-refractivity contribution in [2.45, 2.75) is 17.9 Å². The van der Waals surface area contributed by atoms with E-state index in [0.717, 1.165) is 5.56 Å². The molecule has 112 valence electrons. The van der Waals surface area contributed by atoms with Gasteiger partial charge in [-0.3, -0.25) is 0 Å². The number of hydrogen-bond acceptors (Lipinski definition) is 3. The molecule has 1 unspecified atom stereocenters. The molecule has 2 rings (SSSR count). The Balaban J connectivity index is 2.35. The summed E-state index contributed by atoms with van der Waals surface area (Å²) in [4.78, 5) is 3.23. The van der Waals surface area contributed by atoms with Crippen LogP contribution in [0.2, 0.25) is 0 Å². The van der Waals surface area contributed by atoms with Gasteiger partial charge in [0.05, 0.1) is 11.7 Å². The van der Waals surface area contributed by atoms with Crippen LogP contribution in [0.4, 0.5) is 10.1 Å². The van der Waals surface area contributed by atoms with E-state index >= 15 is 0 Å². The SMILES string of the molecule is CCN(c1ccccc1F)C(CN)c1ccc(SC)cc1. The number of anilines is 1. The average molecular weight is 304 g/mol. The Morgan fingerprint density at radius 2 is 1.81 bits per heavy atom. The van der Waals surface area contributed by atoms with Gasteiger partial charge in [-0.1, -0.05) is 24.3 Å². The van der Waals surface area contributed by atoms with Gasteiger partial charge >= 0.3 is 0 Å². The van der Waals surface area contributed by atoms with E-state index in [-0.39, 0.29) is 11.9 Å². The fraction of sp³-hybridized carbons (Fsp3) is 0.294. The Labute approximate surface area is 130 Å². The van der Waals surface area contributed by atoms with Crippen LogP contribution in [0.5, 0.6) is 0 Å². The van der Waals surface area contributed by atoms with Crippen molar-refractivity contribution in [3.63, 3.8) is 0 Å². The Hall–Kier alpha value is -1.52. The molecule has 0 amide bonds. The maximum absolute atomic E-state index is 14.1. The molecule has 0 saturated carbocycles. The van der Waals surface area contributed by atoms with E-state index in [2.05, 4.69) is 24.3 Å². The number of nitrogens with two attached hydrogens (primary N) is 1. The third kappa shape index (κ3) is 3.57. The second-order valence-electron chi connectivity index (χ2n) is 4.76. The third-order valence-corrected chi connectivity index (χ3v) is 4.35. The Morgan fingerprint density at radius 3 is 2.33 bits per heavy atom. The first-order chi connectivity index (χ1) is 10.2. The van der Waals surface area contributed by atoms with Crippen molar-refractivity contribution in [3.8, 4) is 0 Å². The molecule has 0 bridgehead atoms. The van der Waals surface area contributed by atoms with Crippen LogP contribution in [0.1, 0.15) is 18.5 Å². The van der Waals surface area contributed by atoms with Crippen molar-refractivity contribution < 1.29 is 4.39 Å². The lowest BCUT2D eigenvalue weighted by Gasteiger charge is -2.32. The van der Waals surface area contributed by atoms with Gasteiger partial charge < -0.3 is 10.6 Å². The standard InChI is InChI=1S/C17H21FN2S/c1-3-20(16-7-5-4-6-15(16)18)17(12-19)13-8-10-14(21-2)11-9-13/h4-11,17H,3,12,19H2,1-2H3. The number of nitrogens with zero attached hydrogens (tertiary/aromatic N) is 1. The quantitative estimate of drug-likeness (QED) is 0.816. The zero-order valence-electron chi connectivity index (χ0n) is 12.4. The van der Waals surface area contributed by atoms with Gasteiger partial charge in [0.25, 0.3) is 0 Å². The van der Waals surface area contributed by atoms with Crippen LogP contribution in [0.3, 0.4) is 0 Å². The zero-order chi connectivity index (χ0) is 15.2. The lowest BCUT2D eigenvalue weighted by atomic mass is 10.0. The minimum atomic E-state index is -0.210. The summed E-state index contributed by atoms with van der Waals surface area (Å²) in [6.45, 7) is 3.17. The van der Waals surface area contributed by atoms with E-state index in [0.29, 0.717) is 18.8 Å². The smallest absolute Gasteiger partial charge is 0.146 e. The fourth-order valence-electron chi connectivity index (χ4n) is 2.51. The van der Waals surface area contributed by atoms with Crippen molar-refractivity contribution in [3.05, 3.63) is 59.9 Å². The highest BCUT2D eigenvalue weighted by Crippen LogP contribution is 2.29. The molecule has 1 atom stereocenters. The third-order valence-electron chi connectivity index (χ3n) is 3.60. The molecule has 2 N–H and O–H groups in total. The van der Waals surface area contributed by atoms with Crippen LogP contribution >= 0.6 is 11.8 Å². The number of benzene rings is 2. The number of rotatable bonds is 6. The Kier molecular flexibility index (Phi) is 5.65. The van der Waals surface area contributed by atoms with Crippen LogP contribution in [0, 0.1) is 5.82 Å². The van der Waals surface area contributed by atoms with Gasteiger partial charge in [0.2, 0.25) is 0 Å². The maximum Gasteiger partial charge on any atom is 0.146 e. The van der Waals surface area contributed by atoms with Crippen molar-refractivity contribution in [2.24, 2.45) is 5.73 Å². The molecular weight excluding hydrogens is 283 g/mol. The topological polar surface area (TPSA) is 29.3 Å². The molecule has 0 spiro atoms. The van der Waals surface area contributed by atoms with Gasteiger partial charge in [-0.15, -0.1) is 11.8 Å². The molecule has 21 heavy (non-hydrogen) atoms. The normalized spacial score (nSPS) is 12.2.